The minimum absolute atomic E-state index is 0.226. The molecule has 0 bridgehead atoms. The topological polar surface area (TPSA) is 55.1 Å². The summed E-state index contributed by atoms with van der Waals surface area (Å²) in [6.45, 7) is 5.09. The maximum atomic E-state index is 12.3. The lowest BCUT2D eigenvalue weighted by Gasteiger charge is -2.18. The van der Waals surface area contributed by atoms with Crippen LogP contribution < -0.4 is 5.56 Å². The van der Waals surface area contributed by atoms with E-state index in [9.17, 15) is 9.90 Å². The highest BCUT2D eigenvalue weighted by Crippen LogP contribution is 2.15. The van der Waals surface area contributed by atoms with E-state index in [4.69, 9.17) is 0 Å². The molecule has 2 heterocycles. The van der Waals surface area contributed by atoms with Crippen LogP contribution in [0.4, 0.5) is 0 Å². The maximum Gasteiger partial charge on any atom is 0.261 e. The molecule has 0 aliphatic heterocycles. The SMILES string of the molecule is Cc1ccc(-n2cccc(C(C)(C)O)c2=O)cn1. The first-order chi connectivity index (χ1) is 8.39. The molecular weight excluding hydrogens is 228 g/mol. The van der Waals surface area contributed by atoms with Crippen LogP contribution in [0.1, 0.15) is 25.1 Å². The van der Waals surface area contributed by atoms with Crippen LogP contribution in [-0.4, -0.2) is 14.7 Å². The van der Waals surface area contributed by atoms with Crippen LogP contribution in [0.2, 0.25) is 0 Å². The summed E-state index contributed by atoms with van der Waals surface area (Å²) in [5, 5.41) is 9.96. The Labute approximate surface area is 106 Å². The van der Waals surface area contributed by atoms with Crippen molar-refractivity contribution in [1.82, 2.24) is 9.55 Å². The Morgan fingerprint density at radius 2 is 2.00 bits per heavy atom. The van der Waals surface area contributed by atoms with Gasteiger partial charge in [-0.3, -0.25) is 14.3 Å². The molecule has 0 spiro atoms. The molecule has 0 atom stereocenters. The Balaban J connectivity index is 2.60. The summed E-state index contributed by atoms with van der Waals surface area (Å²) in [6.07, 6.45) is 3.31. The third-order valence-electron chi connectivity index (χ3n) is 2.78. The number of rotatable bonds is 2. The van der Waals surface area contributed by atoms with Crippen LogP contribution in [0.3, 0.4) is 0 Å². The molecule has 2 rings (SSSR count). The van der Waals surface area contributed by atoms with Gasteiger partial charge in [0.2, 0.25) is 0 Å². The number of aromatic nitrogens is 2. The molecule has 0 fully saturated rings. The second-order valence-corrected chi connectivity index (χ2v) is 4.81. The van der Waals surface area contributed by atoms with Gasteiger partial charge >= 0.3 is 0 Å². The summed E-state index contributed by atoms with van der Waals surface area (Å²) >= 11 is 0. The fourth-order valence-electron chi connectivity index (χ4n) is 1.77. The van der Waals surface area contributed by atoms with E-state index < -0.39 is 5.60 Å². The number of hydrogen-bond donors (Lipinski definition) is 1. The van der Waals surface area contributed by atoms with Crippen molar-refractivity contribution >= 4 is 0 Å². The Kier molecular flexibility index (Phi) is 3.05. The van der Waals surface area contributed by atoms with Crippen LogP contribution >= 0.6 is 0 Å². The van der Waals surface area contributed by atoms with Crippen molar-refractivity contribution < 1.29 is 5.11 Å². The van der Waals surface area contributed by atoms with Gasteiger partial charge in [0.05, 0.1) is 17.5 Å². The first kappa shape index (κ1) is 12.5. The molecule has 0 saturated carbocycles. The summed E-state index contributed by atoms with van der Waals surface area (Å²) < 4.78 is 1.49. The molecule has 0 amide bonds. The van der Waals surface area contributed by atoms with Crippen LogP contribution in [0.15, 0.2) is 41.5 Å². The minimum Gasteiger partial charge on any atom is -0.386 e. The van der Waals surface area contributed by atoms with E-state index in [1.54, 1.807) is 38.4 Å². The predicted octanol–water partition coefficient (Wildman–Crippen LogP) is 1.77. The third kappa shape index (κ3) is 2.33. The van der Waals surface area contributed by atoms with Crippen LogP contribution in [-0.2, 0) is 5.60 Å². The van der Waals surface area contributed by atoms with Gasteiger partial charge in [-0.1, -0.05) is 0 Å². The molecule has 0 saturated heterocycles. The summed E-state index contributed by atoms with van der Waals surface area (Å²) in [4.78, 5) is 16.4. The Morgan fingerprint density at radius 1 is 1.28 bits per heavy atom. The zero-order valence-corrected chi connectivity index (χ0v) is 10.7. The molecule has 0 aliphatic carbocycles. The molecule has 2 aromatic heterocycles. The van der Waals surface area contributed by atoms with Gasteiger partial charge in [-0.2, -0.15) is 0 Å². The van der Waals surface area contributed by atoms with Gasteiger partial charge in [0, 0.05) is 17.5 Å². The van der Waals surface area contributed by atoms with Crippen molar-refractivity contribution in [1.29, 1.82) is 0 Å². The molecule has 0 unspecified atom stereocenters. The Hall–Kier alpha value is -1.94. The lowest BCUT2D eigenvalue weighted by molar-refractivity contribution is 0.0768. The summed E-state index contributed by atoms with van der Waals surface area (Å²) in [5.41, 5.74) is 0.571. The second kappa shape index (κ2) is 4.38. The molecule has 94 valence electrons. The van der Waals surface area contributed by atoms with Crippen molar-refractivity contribution in [3.63, 3.8) is 0 Å². The van der Waals surface area contributed by atoms with Gasteiger partial charge in [-0.05, 0) is 45.0 Å². The largest absolute Gasteiger partial charge is 0.386 e. The number of pyridine rings is 2. The highest BCUT2D eigenvalue weighted by Gasteiger charge is 2.20. The van der Waals surface area contributed by atoms with Crippen molar-refractivity contribution in [3.8, 4) is 5.69 Å². The molecular formula is C14H16N2O2. The van der Waals surface area contributed by atoms with E-state index >= 15 is 0 Å². The van der Waals surface area contributed by atoms with Crippen molar-refractivity contribution in [3.05, 3.63) is 58.3 Å². The van der Waals surface area contributed by atoms with Gasteiger partial charge in [0.15, 0.2) is 0 Å². The lowest BCUT2D eigenvalue weighted by atomic mass is 10.0. The third-order valence-corrected chi connectivity index (χ3v) is 2.78. The summed E-state index contributed by atoms with van der Waals surface area (Å²) in [6, 6.07) is 7.06. The smallest absolute Gasteiger partial charge is 0.261 e. The van der Waals surface area contributed by atoms with E-state index in [2.05, 4.69) is 4.98 Å². The average molecular weight is 244 g/mol. The first-order valence-corrected chi connectivity index (χ1v) is 5.77. The van der Waals surface area contributed by atoms with Crippen molar-refractivity contribution in [2.24, 2.45) is 0 Å². The molecule has 0 aromatic carbocycles. The van der Waals surface area contributed by atoms with Crippen LogP contribution in [0.5, 0.6) is 0 Å². The van der Waals surface area contributed by atoms with Gasteiger partial charge in [-0.15, -0.1) is 0 Å². The van der Waals surface area contributed by atoms with Crippen molar-refractivity contribution in [2.45, 2.75) is 26.4 Å². The van der Waals surface area contributed by atoms with Crippen LogP contribution in [0.25, 0.3) is 5.69 Å². The van der Waals surface area contributed by atoms with Gasteiger partial charge in [0.1, 0.15) is 0 Å². The molecule has 0 aliphatic rings. The highest BCUT2D eigenvalue weighted by molar-refractivity contribution is 5.32. The number of aliphatic hydroxyl groups is 1. The molecule has 2 aromatic rings. The quantitative estimate of drug-likeness (QED) is 0.876. The monoisotopic (exact) mass is 244 g/mol. The fourth-order valence-corrected chi connectivity index (χ4v) is 1.77. The second-order valence-electron chi connectivity index (χ2n) is 4.81. The zero-order chi connectivity index (χ0) is 13.3. The summed E-state index contributed by atoms with van der Waals surface area (Å²) in [5.74, 6) is 0. The first-order valence-electron chi connectivity index (χ1n) is 5.77. The van der Waals surface area contributed by atoms with Gasteiger partial charge in [0.25, 0.3) is 5.56 Å². The minimum atomic E-state index is -1.15. The fraction of sp³-hybridized carbons (Fsp3) is 0.286. The molecule has 18 heavy (non-hydrogen) atoms. The number of hydrogen-bond acceptors (Lipinski definition) is 3. The molecule has 4 heteroatoms. The number of aryl methyl sites for hydroxylation is 1. The number of nitrogens with zero attached hydrogens (tertiary/aromatic N) is 2. The maximum absolute atomic E-state index is 12.3. The summed E-state index contributed by atoms with van der Waals surface area (Å²) in [7, 11) is 0. The van der Waals surface area contributed by atoms with E-state index in [1.807, 2.05) is 19.1 Å². The predicted molar refractivity (Wildman–Crippen MR) is 69.8 cm³/mol. The lowest BCUT2D eigenvalue weighted by Crippen LogP contribution is -2.30. The normalized spacial score (nSPS) is 11.6. The zero-order valence-electron chi connectivity index (χ0n) is 10.7. The van der Waals surface area contributed by atoms with E-state index in [0.29, 0.717) is 11.3 Å². The Bertz CT molecular complexity index is 607. The average Bonchev–Trinajstić information content (AvgIpc) is 2.29. The molecule has 4 nitrogen and oxygen atoms in total. The van der Waals surface area contributed by atoms with E-state index in [-0.39, 0.29) is 5.56 Å². The highest BCUT2D eigenvalue weighted by atomic mass is 16.3. The molecule has 1 N–H and O–H groups in total. The van der Waals surface area contributed by atoms with Crippen molar-refractivity contribution in [2.75, 3.05) is 0 Å². The molecule has 0 radical (unpaired) electrons. The van der Waals surface area contributed by atoms with Gasteiger partial charge < -0.3 is 5.11 Å². The Morgan fingerprint density at radius 3 is 2.56 bits per heavy atom. The van der Waals surface area contributed by atoms with Gasteiger partial charge in [-0.25, -0.2) is 0 Å². The van der Waals surface area contributed by atoms with E-state index in [1.165, 1.54) is 4.57 Å². The van der Waals surface area contributed by atoms with E-state index in [0.717, 1.165) is 5.69 Å². The standard InChI is InChI=1S/C14H16N2O2/c1-10-6-7-11(9-15-10)16-8-4-5-12(13(16)17)14(2,3)18/h4-9,18H,1-3H3. The van der Waals surface area contributed by atoms with Crippen LogP contribution in [0, 0.1) is 6.92 Å².